The van der Waals surface area contributed by atoms with E-state index in [-0.39, 0.29) is 0 Å². The van der Waals surface area contributed by atoms with Crippen molar-refractivity contribution >= 4 is 5.69 Å². The minimum absolute atomic E-state index is 0.690. The first-order valence-corrected chi connectivity index (χ1v) is 7.04. The van der Waals surface area contributed by atoms with Crippen molar-refractivity contribution in [2.45, 2.75) is 58.9 Å². The van der Waals surface area contributed by atoms with Gasteiger partial charge in [0, 0.05) is 11.7 Å². The van der Waals surface area contributed by atoms with Crippen LogP contribution in [0, 0.1) is 19.8 Å². The van der Waals surface area contributed by atoms with E-state index in [0.29, 0.717) is 6.04 Å². The van der Waals surface area contributed by atoms with Crippen LogP contribution in [0.4, 0.5) is 5.69 Å². The number of rotatable bonds is 3. The zero-order valence-electron chi connectivity index (χ0n) is 11.4. The molecule has 0 aliphatic heterocycles. The molecule has 1 saturated carbocycles. The molecule has 1 fully saturated rings. The van der Waals surface area contributed by atoms with Crippen molar-refractivity contribution in [3.63, 3.8) is 0 Å². The van der Waals surface area contributed by atoms with E-state index < -0.39 is 0 Å². The largest absolute Gasteiger partial charge is 0.382 e. The average molecular weight is 231 g/mol. The third-order valence-corrected chi connectivity index (χ3v) is 4.01. The molecule has 2 unspecified atom stereocenters. The van der Waals surface area contributed by atoms with Crippen LogP contribution in [0.1, 0.15) is 50.2 Å². The molecule has 17 heavy (non-hydrogen) atoms. The van der Waals surface area contributed by atoms with Crippen LogP contribution in [0.3, 0.4) is 0 Å². The summed E-state index contributed by atoms with van der Waals surface area (Å²) in [5.74, 6) is 0.865. The van der Waals surface area contributed by atoms with Gasteiger partial charge in [-0.3, -0.25) is 0 Å². The zero-order chi connectivity index (χ0) is 12.3. The summed E-state index contributed by atoms with van der Waals surface area (Å²) >= 11 is 0. The molecule has 0 aromatic heterocycles. The second kappa shape index (κ2) is 5.57. The third kappa shape index (κ3) is 3.24. The minimum atomic E-state index is 0.690. The molecule has 1 N–H and O–H groups in total. The van der Waals surface area contributed by atoms with Gasteiger partial charge in [-0.15, -0.1) is 0 Å². The molecule has 0 bridgehead atoms. The highest BCUT2D eigenvalue weighted by Crippen LogP contribution is 2.29. The Morgan fingerprint density at radius 2 is 1.71 bits per heavy atom. The van der Waals surface area contributed by atoms with Crippen molar-refractivity contribution in [1.29, 1.82) is 0 Å². The molecule has 2 rings (SSSR count). The summed E-state index contributed by atoms with van der Waals surface area (Å²) in [4.78, 5) is 0. The van der Waals surface area contributed by atoms with Crippen molar-refractivity contribution in [3.8, 4) is 0 Å². The first kappa shape index (κ1) is 12.5. The van der Waals surface area contributed by atoms with Gasteiger partial charge in [0.25, 0.3) is 0 Å². The number of aryl methyl sites for hydroxylation is 2. The van der Waals surface area contributed by atoms with Gasteiger partial charge in [0.2, 0.25) is 0 Å². The van der Waals surface area contributed by atoms with Gasteiger partial charge in [-0.25, -0.2) is 0 Å². The van der Waals surface area contributed by atoms with E-state index in [1.165, 1.54) is 48.9 Å². The quantitative estimate of drug-likeness (QED) is 0.796. The summed E-state index contributed by atoms with van der Waals surface area (Å²) in [6.07, 6.45) is 6.86. The lowest BCUT2D eigenvalue weighted by Gasteiger charge is -2.32. The molecule has 0 spiro atoms. The topological polar surface area (TPSA) is 12.0 Å². The molecule has 1 aromatic rings. The van der Waals surface area contributed by atoms with Crippen molar-refractivity contribution in [1.82, 2.24) is 0 Å². The predicted octanol–water partition coefficient (Wildman–Crippen LogP) is 4.68. The van der Waals surface area contributed by atoms with Crippen molar-refractivity contribution in [2.24, 2.45) is 5.92 Å². The minimum Gasteiger partial charge on any atom is -0.382 e. The maximum atomic E-state index is 3.76. The Balaban J connectivity index is 2.08. The molecule has 2 atom stereocenters. The van der Waals surface area contributed by atoms with Crippen LogP contribution < -0.4 is 5.32 Å². The van der Waals surface area contributed by atoms with E-state index in [0.717, 1.165) is 5.92 Å². The first-order chi connectivity index (χ1) is 8.19. The third-order valence-electron chi connectivity index (χ3n) is 4.01. The Kier molecular flexibility index (Phi) is 4.09. The van der Waals surface area contributed by atoms with Gasteiger partial charge in [-0.05, 0) is 55.9 Å². The molecular weight excluding hydrogens is 206 g/mol. The van der Waals surface area contributed by atoms with Crippen LogP contribution in [-0.2, 0) is 0 Å². The average Bonchev–Trinajstić information content (AvgIpc) is 2.28. The number of hydrogen-bond acceptors (Lipinski definition) is 1. The Morgan fingerprint density at radius 1 is 1.06 bits per heavy atom. The molecule has 0 saturated heterocycles. The normalized spacial score (nSPS) is 24.6. The van der Waals surface area contributed by atoms with Crippen molar-refractivity contribution in [2.75, 3.05) is 5.32 Å². The molecule has 1 nitrogen and oxygen atoms in total. The molecule has 0 heterocycles. The molecule has 0 amide bonds. The Labute approximate surface area is 106 Å². The van der Waals surface area contributed by atoms with Crippen LogP contribution in [-0.4, -0.2) is 6.04 Å². The fourth-order valence-corrected chi connectivity index (χ4v) is 3.16. The van der Waals surface area contributed by atoms with Crippen LogP contribution in [0.2, 0.25) is 0 Å². The summed E-state index contributed by atoms with van der Waals surface area (Å²) in [7, 11) is 0. The molecular formula is C16H25N. The first-order valence-electron chi connectivity index (χ1n) is 7.04. The van der Waals surface area contributed by atoms with Gasteiger partial charge in [0.05, 0.1) is 0 Å². The maximum Gasteiger partial charge on any atom is 0.0347 e. The van der Waals surface area contributed by atoms with Crippen LogP contribution >= 0.6 is 0 Å². The second-order valence-corrected chi connectivity index (χ2v) is 5.58. The van der Waals surface area contributed by atoms with Gasteiger partial charge in [0.1, 0.15) is 0 Å². The molecule has 1 aromatic carbocycles. The molecule has 94 valence electrons. The van der Waals surface area contributed by atoms with Gasteiger partial charge in [-0.2, -0.15) is 0 Å². The standard InChI is InChI=1S/C16H25N/c1-4-14-7-5-6-8-16(14)17-15-10-12(2)9-13(3)11-15/h9-11,14,16-17H,4-8H2,1-3H3. The van der Waals surface area contributed by atoms with Crippen LogP contribution in [0.15, 0.2) is 18.2 Å². The summed E-state index contributed by atoms with van der Waals surface area (Å²) in [6.45, 7) is 6.68. The Hall–Kier alpha value is -0.980. The lowest BCUT2D eigenvalue weighted by atomic mass is 9.83. The smallest absolute Gasteiger partial charge is 0.0347 e. The highest BCUT2D eigenvalue weighted by atomic mass is 14.9. The van der Waals surface area contributed by atoms with E-state index >= 15 is 0 Å². The van der Waals surface area contributed by atoms with Gasteiger partial charge in [0.15, 0.2) is 0 Å². The molecule has 1 heteroatoms. The van der Waals surface area contributed by atoms with Crippen molar-refractivity contribution < 1.29 is 0 Å². The number of anilines is 1. The summed E-state index contributed by atoms with van der Waals surface area (Å²) in [5, 5.41) is 3.76. The van der Waals surface area contributed by atoms with E-state index in [1.54, 1.807) is 0 Å². The molecule has 1 aliphatic rings. The second-order valence-electron chi connectivity index (χ2n) is 5.58. The molecule has 0 radical (unpaired) electrons. The van der Waals surface area contributed by atoms with E-state index in [1.807, 2.05) is 0 Å². The van der Waals surface area contributed by atoms with E-state index in [2.05, 4.69) is 44.3 Å². The Bertz CT molecular complexity index is 350. The van der Waals surface area contributed by atoms with E-state index in [9.17, 15) is 0 Å². The number of nitrogens with one attached hydrogen (secondary N) is 1. The zero-order valence-corrected chi connectivity index (χ0v) is 11.4. The van der Waals surface area contributed by atoms with Crippen LogP contribution in [0.5, 0.6) is 0 Å². The molecule has 1 aliphatic carbocycles. The number of hydrogen-bond donors (Lipinski definition) is 1. The van der Waals surface area contributed by atoms with Crippen molar-refractivity contribution in [3.05, 3.63) is 29.3 Å². The lowest BCUT2D eigenvalue weighted by Crippen LogP contribution is -2.31. The maximum absolute atomic E-state index is 3.76. The van der Waals surface area contributed by atoms with Gasteiger partial charge in [-0.1, -0.05) is 32.3 Å². The predicted molar refractivity (Wildman–Crippen MR) is 75.6 cm³/mol. The monoisotopic (exact) mass is 231 g/mol. The highest BCUT2D eigenvalue weighted by molar-refractivity contribution is 5.49. The summed E-state index contributed by atoms with van der Waals surface area (Å²) in [6, 6.07) is 7.47. The summed E-state index contributed by atoms with van der Waals surface area (Å²) in [5.41, 5.74) is 4.03. The van der Waals surface area contributed by atoms with Crippen LogP contribution in [0.25, 0.3) is 0 Å². The van der Waals surface area contributed by atoms with E-state index in [4.69, 9.17) is 0 Å². The lowest BCUT2D eigenvalue weighted by molar-refractivity contribution is 0.317. The number of benzene rings is 1. The van der Waals surface area contributed by atoms with Gasteiger partial charge < -0.3 is 5.32 Å². The Morgan fingerprint density at radius 3 is 2.35 bits per heavy atom. The highest BCUT2D eigenvalue weighted by Gasteiger charge is 2.23. The summed E-state index contributed by atoms with van der Waals surface area (Å²) < 4.78 is 0. The fourth-order valence-electron chi connectivity index (χ4n) is 3.16. The fraction of sp³-hybridized carbons (Fsp3) is 0.625. The van der Waals surface area contributed by atoms with Gasteiger partial charge >= 0.3 is 0 Å². The SMILES string of the molecule is CCC1CCCCC1Nc1cc(C)cc(C)c1.